The van der Waals surface area contributed by atoms with Gasteiger partial charge in [0.15, 0.2) is 5.13 Å². The quantitative estimate of drug-likeness (QED) is 0.637. The molecular formula is C23H30N8S. The van der Waals surface area contributed by atoms with Crippen LogP contribution in [0.4, 0.5) is 22.5 Å². The molecule has 5 rings (SSSR count). The zero-order chi connectivity index (χ0) is 21.9. The van der Waals surface area contributed by atoms with Crippen LogP contribution in [-0.2, 0) is 0 Å². The molecule has 32 heavy (non-hydrogen) atoms. The Labute approximate surface area is 193 Å². The zero-order valence-electron chi connectivity index (χ0n) is 18.7. The van der Waals surface area contributed by atoms with Crippen molar-refractivity contribution < 1.29 is 0 Å². The Balaban J connectivity index is 1.41. The van der Waals surface area contributed by atoms with Gasteiger partial charge in [-0.25, -0.2) is 9.97 Å². The van der Waals surface area contributed by atoms with Gasteiger partial charge < -0.3 is 24.9 Å². The number of rotatable bonds is 5. The lowest BCUT2D eigenvalue weighted by Gasteiger charge is -2.36. The van der Waals surface area contributed by atoms with Gasteiger partial charge in [0.2, 0.25) is 0 Å². The number of piperazine rings is 2. The van der Waals surface area contributed by atoms with Gasteiger partial charge in [-0.05, 0) is 31.8 Å². The Morgan fingerprint density at radius 1 is 0.844 bits per heavy atom. The summed E-state index contributed by atoms with van der Waals surface area (Å²) in [5, 5.41) is 4.33. The smallest absolute Gasteiger partial charge is 0.188 e. The van der Waals surface area contributed by atoms with Crippen LogP contribution in [0.5, 0.6) is 0 Å². The monoisotopic (exact) mass is 450 g/mol. The van der Waals surface area contributed by atoms with E-state index in [1.54, 1.807) is 11.3 Å². The van der Waals surface area contributed by atoms with E-state index >= 15 is 0 Å². The summed E-state index contributed by atoms with van der Waals surface area (Å²) in [5.41, 5.74) is 2.36. The highest BCUT2D eigenvalue weighted by Crippen LogP contribution is 2.32. The van der Waals surface area contributed by atoms with Crippen LogP contribution in [-0.4, -0.2) is 91.2 Å². The number of nitrogens with zero attached hydrogens (tertiary/aromatic N) is 7. The second-order valence-electron chi connectivity index (χ2n) is 8.54. The average Bonchev–Trinajstić information content (AvgIpc) is 3.29. The maximum Gasteiger partial charge on any atom is 0.188 e. The van der Waals surface area contributed by atoms with Crippen molar-refractivity contribution in [3.8, 4) is 10.4 Å². The van der Waals surface area contributed by atoms with E-state index in [4.69, 9.17) is 4.98 Å². The van der Waals surface area contributed by atoms with E-state index in [1.807, 2.05) is 30.7 Å². The van der Waals surface area contributed by atoms with Crippen molar-refractivity contribution in [3.63, 3.8) is 0 Å². The van der Waals surface area contributed by atoms with Gasteiger partial charge in [0.1, 0.15) is 11.6 Å². The lowest BCUT2D eigenvalue weighted by Crippen LogP contribution is -2.45. The van der Waals surface area contributed by atoms with E-state index in [-0.39, 0.29) is 0 Å². The van der Waals surface area contributed by atoms with Crippen LogP contribution in [0.15, 0.2) is 42.9 Å². The second-order valence-corrected chi connectivity index (χ2v) is 9.57. The van der Waals surface area contributed by atoms with E-state index in [9.17, 15) is 0 Å². The molecular weight excluding hydrogens is 420 g/mol. The molecule has 3 aromatic heterocycles. The molecule has 2 saturated heterocycles. The highest BCUT2D eigenvalue weighted by molar-refractivity contribution is 7.18. The maximum absolute atomic E-state index is 4.99. The Bertz CT molecular complexity index is 983. The van der Waals surface area contributed by atoms with Gasteiger partial charge in [0.05, 0.1) is 4.88 Å². The number of anilines is 4. The summed E-state index contributed by atoms with van der Waals surface area (Å²) in [5.74, 6) is 1.90. The summed E-state index contributed by atoms with van der Waals surface area (Å²) in [7, 11) is 4.37. The normalized spacial score (nSPS) is 18.2. The van der Waals surface area contributed by atoms with Gasteiger partial charge in [-0.15, -0.1) is 0 Å². The molecule has 8 nitrogen and oxygen atoms in total. The van der Waals surface area contributed by atoms with Crippen molar-refractivity contribution >= 4 is 33.8 Å². The van der Waals surface area contributed by atoms with Crippen molar-refractivity contribution in [2.24, 2.45) is 0 Å². The third-order valence-corrected chi connectivity index (χ3v) is 7.16. The lowest BCUT2D eigenvalue weighted by atomic mass is 10.2. The number of nitrogens with one attached hydrogen (secondary N) is 1. The molecule has 2 fully saturated rings. The minimum atomic E-state index is 0.851. The molecule has 0 radical (unpaired) electrons. The molecule has 0 aliphatic carbocycles. The predicted octanol–water partition coefficient (Wildman–Crippen LogP) is 2.85. The molecule has 9 heteroatoms. The molecule has 2 aliphatic heterocycles. The fourth-order valence-electron chi connectivity index (χ4n) is 4.10. The standard InChI is InChI=1S/C23H30N8S/c1-28-7-11-30(12-8-28)19-15-21(26-22(16-19)31-13-9-29(2)10-14-31)27-23-25-17-20(32-23)18-3-5-24-6-4-18/h3-6,15-17H,7-14H2,1-2H3,(H,25,26,27). The number of pyridine rings is 2. The fourth-order valence-corrected chi connectivity index (χ4v) is 4.93. The predicted molar refractivity (Wildman–Crippen MR) is 132 cm³/mol. The van der Waals surface area contributed by atoms with E-state index in [2.05, 4.69) is 61.1 Å². The first-order valence-electron chi connectivity index (χ1n) is 11.2. The number of likely N-dealkylation sites (N-methyl/N-ethyl adjacent to an activating group) is 2. The summed E-state index contributed by atoms with van der Waals surface area (Å²) in [4.78, 5) is 24.4. The Kier molecular flexibility index (Phi) is 6.20. The van der Waals surface area contributed by atoms with Gasteiger partial charge in [0.25, 0.3) is 0 Å². The molecule has 0 unspecified atom stereocenters. The molecule has 3 aromatic rings. The first kappa shape index (κ1) is 21.1. The average molecular weight is 451 g/mol. The number of hydrogen-bond acceptors (Lipinski definition) is 9. The fraction of sp³-hybridized carbons (Fsp3) is 0.435. The molecule has 2 aliphatic rings. The Hall–Kier alpha value is -2.75. The summed E-state index contributed by atoms with van der Waals surface area (Å²) in [6.07, 6.45) is 5.53. The lowest BCUT2D eigenvalue weighted by molar-refractivity contribution is 0.311. The number of hydrogen-bond donors (Lipinski definition) is 1. The van der Waals surface area contributed by atoms with Crippen LogP contribution < -0.4 is 15.1 Å². The highest BCUT2D eigenvalue weighted by Gasteiger charge is 2.20. The van der Waals surface area contributed by atoms with Gasteiger partial charge in [-0.2, -0.15) is 0 Å². The molecule has 0 saturated carbocycles. The first-order valence-corrected chi connectivity index (χ1v) is 12.0. The SMILES string of the molecule is CN1CCN(c2cc(Nc3ncc(-c4ccncc4)s3)nc(N3CCN(C)CC3)c2)CC1. The van der Waals surface area contributed by atoms with Crippen molar-refractivity contribution in [1.82, 2.24) is 24.8 Å². The Morgan fingerprint density at radius 2 is 1.50 bits per heavy atom. The van der Waals surface area contributed by atoms with Gasteiger partial charge in [-0.1, -0.05) is 11.3 Å². The molecule has 5 heterocycles. The maximum atomic E-state index is 4.99. The Morgan fingerprint density at radius 3 is 2.19 bits per heavy atom. The molecule has 0 aromatic carbocycles. The van der Waals surface area contributed by atoms with Crippen LogP contribution in [0, 0.1) is 0 Å². The van der Waals surface area contributed by atoms with Crippen LogP contribution in [0.2, 0.25) is 0 Å². The van der Waals surface area contributed by atoms with Gasteiger partial charge in [-0.3, -0.25) is 4.98 Å². The molecule has 0 bridgehead atoms. The summed E-state index contributed by atoms with van der Waals surface area (Å²) in [6, 6.07) is 8.44. The minimum Gasteiger partial charge on any atom is -0.369 e. The van der Waals surface area contributed by atoms with E-state index in [0.717, 1.165) is 79.6 Å². The van der Waals surface area contributed by atoms with Gasteiger partial charge >= 0.3 is 0 Å². The number of thiazole rings is 1. The van der Waals surface area contributed by atoms with Gasteiger partial charge in [0, 0.05) is 88.8 Å². The molecule has 1 N–H and O–H groups in total. The minimum absolute atomic E-state index is 0.851. The molecule has 0 spiro atoms. The molecule has 0 atom stereocenters. The first-order chi connectivity index (χ1) is 15.6. The second kappa shape index (κ2) is 9.40. The van der Waals surface area contributed by atoms with Crippen LogP contribution >= 0.6 is 11.3 Å². The van der Waals surface area contributed by atoms with Crippen molar-refractivity contribution in [2.75, 3.05) is 81.6 Å². The third kappa shape index (κ3) is 4.85. The molecule has 168 valence electrons. The van der Waals surface area contributed by atoms with Crippen LogP contribution in [0.3, 0.4) is 0 Å². The number of aromatic nitrogens is 3. The summed E-state index contributed by atoms with van der Waals surface area (Å²) < 4.78 is 0. The van der Waals surface area contributed by atoms with Crippen molar-refractivity contribution in [2.45, 2.75) is 0 Å². The van der Waals surface area contributed by atoms with E-state index in [0.29, 0.717) is 0 Å². The van der Waals surface area contributed by atoms with Crippen LogP contribution in [0.1, 0.15) is 0 Å². The third-order valence-electron chi connectivity index (χ3n) is 6.20. The van der Waals surface area contributed by atoms with Crippen LogP contribution in [0.25, 0.3) is 10.4 Å². The van der Waals surface area contributed by atoms with Crippen molar-refractivity contribution in [1.29, 1.82) is 0 Å². The molecule has 0 amide bonds. The highest BCUT2D eigenvalue weighted by atomic mass is 32.1. The summed E-state index contributed by atoms with van der Waals surface area (Å²) >= 11 is 1.63. The van der Waals surface area contributed by atoms with E-state index in [1.165, 1.54) is 5.69 Å². The zero-order valence-corrected chi connectivity index (χ0v) is 19.6. The topological polar surface area (TPSA) is 63.7 Å². The van der Waals surface area contributed by atoms with Crippen molar-refractivity contribution in [3.05, 3.63) is 42.9 Å². The largest absolute Gasteiger partial charge is 0.369 e. The summed E-state index contributed by atoms with van der Waals surface area (Å²) in [6.45, 7) is 8.34. The van der Waals surface area contributed by atoms with E-state index < -0.39 is 0 Å².